The Balaban J connectivity index is 1.81. The summed E-state index contributed by atoms with van der Waals surface area (Å²) in [5, 5.41) is 8.52. The molecule has 0 fully saturated rings. The van der Waals surface area contributed by atoms with E-state index in [-0.39, 0.29) is 0 Å². The van der Waals surface area contributed by atoms with E-state index in [4.69, 9.17) is 9.15 Å². The molecule has 0 unspecified atom stereocenters. The van der Waals surface area contributed by atoms with Crippen molar-refractivity contribution in [1.82, 2.24) is 20.4 Å². The van der Waals surface area contributed by atoms with Crippen LogP contribution in [0.3, 0.4) is 0 Å². The van der Waals surface area contributed by atoms with Gasteiger partial charge < -0.3 is 24.9 Å². The average molecular weight is 376 g/mol. The van der Waals surface area contributed by atoms with E-state index in [0.717, 1.165) is 39.1 Å². The smallest absolute Gasteiger partial charge is 0.144 e. The highest BCUT2D eigenvalue weighted by molar-refractivity contribution is 6.12. The van der Waals surface area contributed by atoms with Crippen molar-refractivity contribution in [2.24, 2.45) is 5.10 Å². The second-order valence-corrected chi connectivity index (χ2v) is 6.12. The largest absolute Gasteiger partial charge is 0.495 e. The molecule has 4 aromatic rings. The van der Waals surface area contributed by atoms with E-state index in [0.29, 0.717) is 11.6 Å². The molecule has 8 nitrogen and oxygen atoms in total. The van der Waals surface area contributed by atoms with Crippen LogP contribution in [0.2, 0.25) is 0 Å². The fourth-order valence-electron chi connectivity index (χ4n) is 3.11. The van der Waals surface area contributed by atoms with E-state index in [1.165, 1.54) is 6.33 Å². The van der Waals surface area contributed by atoms with Gasteiger partial charge in [-0.05, 0) is 30.7 Å². The van der Waals surface area contributed by atoms with Gasteiger partial charge in [-0.1, -0.05) is 6.07 Å². The normalized spacial score (nSPS) is 11.6. The number of hydrazone groups is 1. The van der Waals surface area contributed by atoms with Crippen molar-refractivity contribution < 1.29 is 9.15 Å². The lowest BCUT2D eigenvalue weighted by molar-refractivity contribution is 0.417. The number of nitrogens with one attached hydrogen (secondary N) is 3. The fourth-order valence-corrected chi connectivity index (χ4v) is 3.11. The molecule has 0 spiro atoms. The lowest BCUT2D eigenvalue weighted by atomic mass is 10.1. The lowest BCUT2D eigenvalue weighted by Gasteiger charge is -2.13. The molecule has 28 heavy (non-hydrogen) atoms. The summed E-state index contributed by atoms with van der Waals surface area (Å²) in [7, 11) is 3.40. The first-order valence-corrected chi connectivity index (χ1v) is 8.72. The van der Waals surface area contributed by atoms with E-state index in [9.17, 15) is 0 Å². The first kappa shape index (κ1) is 17.6. The van der Waals surface area contributed by atoms with Crippen LogP contribution >= 0.6 is 0 Å². The fraction of sp³-hybridized carbons (Fsp3) is 0.150. The number of furan rings is 1. The van der Waals surface area contributed by atoms with Gasteiger partial charge in [0.2, 0.25) is 0 Å². The molecule has 0 saturated heterocycles. The first-order valence-electron chi connectivity index (χ1n) is 8.72. The van der Waals surface area contributed by atoms with E-state index in [1.807, 2.05) is 37.4 Å². The molecule has 0 aliphatic heterocycles. The molecule has 0 radical (unpaired) electrons. The van der Waals surface area contributed by atoms with Crippen LogP contribution < -0.4 is 15.5 Å². The number of rotatable bonds is 6. The predicted molar refractivity (Wildman–Crippen MR) is 109 cm³/mol. The van der Waals surface area contributed by atoms with Gasteiger partial charge in [-0.2, -0.15) is 5.10 Å². The Labute approximate surface area is 161 Å². The van der Waals surface area contributed by atoms with Gasteiger partial charge in [0.15, 0.2) is 0 Å². The van der Waals surface area contributed by atoms with Gasteiger partial charge >= 0.3 is 0 Å². The molecule has 1 aromatic carbocycles. The maximum Gasteiger partial charge on any atom is 0.144 e. The molecule has 0 aliphatic rings. The maximum atomic E-state index is 5.53. The number of H-pyrrole nitrogens is 1. The molecule has 0 saturated carbocycles. The van der Waals surface area contributed by atoms with E-state index in [2.05, 4.69) is 30.8 Å². The number of hydrogen-bond donors (Lipinski definition) is 3. The van der Waals surface area contributed by atoms with Gasteiger partial charge in [0, 0.05) is 24.4 Å². The number of fused-ring (bicyclic) bond motifs is 1. The molecule has 3 aromatic heterocycles. The molecule has 0 amide bonds. The third kappa shape index (κ3) is 3.16. The molecule has 0 atom stereocenters. The zero-order chi connectivity index (χ0) is 19.5. The number of methoxy groups -OCH3 is 1. The third-order valence-corrected chi connectivity index (χ3v) is 4.45. The first-order chi connectivity index (χ1) is 13.7. The maximum absolute atomic E-state index is 5.53. The third-order valence-electron chi connectivity index (χ3n) is 4.45. The van der Waals surface area contributed by atoms with Gasteiger partial charge in [-0.15, -0.1) is 0 Å². The summed E-state index contributed by atoms with van der Waals surface area (Å²) in [5.74, 6) is 1.37. The van der Waals surface area contributed by atoms with Crippen molar-refractivity contribution in [3.8, 4) is 16.9 Å². The van der Waals surface area contributed by atoms with E-state index >= 15 is 0 Å². The number of nitrogens with zero attached hydrogens (tertiary/aromatic N) is 3. The number of anilines is 2. The quantitative estimate of drug-likeness (QED) is 0.348. The van der Waals surface area contributed by atoms with Crippen LogP contribution in [0.5, 0.6) is 5.75 Å². The highest BCUT2D eigenvalue weighted by atomic mass is 16.5. The van der Waals surface area contributed by atoms with Gasteiger partial charge in [-0.25, -0.2) is 9.97 Å². The van der Waals surface area contributed by atoms with Crippen molar-refractivity contribution in [3.05, 3.63) is 54.9 Å². The Morgan fingerprint density at radius 1 is 1.21 bits per heavy atom. The Morgan fingerprint density at radius 3 is 2.86 bits per heavy atom. The lowest BCUT2D eigenvalue weighted by Crippen LogP contribution is -2.04. The van der Waals surface area contributed by atoms with Crippen LogP contribution in [0.1, 0.15) is 12.5 Å². The SMILES string of the molecule is CN/N=C(\C)c1c[nH]c2ncnc(Nc3cc(-c4ccoc4)ccc3OC)c12. The summed E-state index contributed by atoms with van der Waals surface area (Å²) in [4.78, 5) is 11.9. The Kier molecular flexibility index (Phi) is 4.67. The van der Waals surface area contributed by atoms with Gasteiger partial charge in [0.1, 0.15) is 23.5 Å². The van der Waals surface area contributed by atoms with Crippen molar-refractivity contribution >= 4 is 28.3 Å². The Bertz CT molecular complexity index is 1130. The topological polar surface area (TPSA) is 100 Å². The van der Waals surface area contributed by atoms with Crippen molar-refractivity contribution in [2.75, 3.05) is 19.5 Å². The Morgan fingerprint density at radius 2 is 2.11 bits per heavy atom. The van der Waals surface area contributed by atoms with Crippen LogP contribution in [0.15, 0.2) is 58.8 Å². The van der Waals surface area contributed by atoms with Crippen LogP contribution in [0.4, 0.5) is 11.5 Å². The molecule has 3 heterocycles. The van der Waals surface area contributed by atoms with E-state index < -0.39 is 0 Å². The number of aromatic amines is 1. The molecule has 4 rings (SSSR count). The average Bonchev–Trinajstić information content (AvgIpc) is 3.39. The zero-order valence-electron chi connectivity index (χ0n) is 15.8. The molecule has 142 valence electrons. The monoisotopic (exact) mass is 376 g/mol. The molecular weight excluding hydrogens is 356 g/mol. The molecular formula is C20H20N6O2. The summed E-state index contributed by atoms with van der Waals surface area (Å²) in [5.41, 5.74) is 8.06. The number of benzene rings is 1. The summed E-state index contributed by atoms with van der Waals surface area (Å²) < 4.78 is 10.7. The minimum atomic E-state index is 0.662. The van der Waals surface area contributed by atoms with Crippen LogP contribution in [-0.4, -0.2) is 34.8 Å². The van der Waals surface area contributed by atoms with Gasteiger partial charge in [0.25, 0.3) is 0 Å². The second-order valence-electron chi connectivity index (χ2n) is 6.12. The number of hydrogen-bond acceptors (Lipinski definition) is 7. The zero-order valence-corrected chi connectivity index (χ0v) is 15.8. The molecule has 8 heteroatoms. The highest BCUT2D eigenvalue weighted by Gasteiger charge is 2.15. The Hall–Kier alpha value is -3.81. The summed E-state index contributed by atoms with van der Waals surface area (Å²) in [6, 6.07) is 7.81. The van der Waals surface area contributed by atoms with Crippen molar-refractivity contribution in [2.45, 2.75) is 6.92 Å². The van der Waals surface area contributed by atoms with Crippen molar-refractivity contribution in [3.63, 3.8) is 0 Å². The minimum absolute atomic E-state index is 0.662. The second kappa shape index (κ2) is 7.43. The van der Waals surface area contributed by atoms with Crippen LogP contribution in [0, 0.1) is 0 Å². The summed E-state index contributed by atoms with van der Waals surface area (Å²) in [6.07, 6.45) is 6.74. The molecule has 3 N–H and O–H groups in total. The van der Waals surface area contributed by atoms with E-state index in [1.54, 1.807) is 26.7 Å². The van der Waals surface area contributed by atoms with Crippen LogP contribution in [0.25, 0.3) is 22.2 Å². The minimum Gasteiger partial charge on any atom is -0.495 e. The highest BCUT2D eigenvalue weighted by Crippen LogP contribution is 2.34. The summed E-state index contributed by atoms with van der Waals surface area (Å²) >= 11 is 0. The van der Waals surface area contributed by atoms with Gasteiger partial charge in [-0.3, -0.25) is 0 Å². The number of aromatic nitrogens is 3. The standard InChI is InChI=1S/C20H20N6O2/c1-12(26-21-2)15-9-22-19-18(15)20(24-11-23-19)25-16-8-13(4-5-17(16)27-3)14-6-7-28-10-14/h4-11,21H,1-3H3,(H2,22,23,24,25)/b26-12+. The van der Waals surface area contributed by atoms with Crippen LogP contribution in [-0.2, 0) is 0 Å². The van der Waals surface area contributed by atoms with Crippen molar-refractivity contribution in [1.29, 1.82) is 0 Å². The molecule has 0 bridgehead atoms. The van der Waals surface area contributed by atoms with Gasteiger partial charge in [0.05, 0.1) is 36.4 Å². The molecule has 0 aliphatic carbocycles. The summed E-state index contributed by atoms with van der Waals surface area (Å²) in [6.45, 7) is 1.93. The predicted octanol–water partition coefficient (Wildman–Crippen LogP) is 3.91. The number of ether oxygens (including phenoxy) is 1.